The molecule has 0 spiro atoms. The molecule has 0 aliphatic carbocycles. The average molecular weight is 262 g/mol. The lowest BCUT2D eigenvalue weighted by Crippen LogP contribution is -2.27. The topological polar surface area (TPSA) is 29.3 Å². The van der Waals surface area contributed by atoms with E-state index in [4.69, 9.17) is 18.0 Å². The number of rotatable bonds is 2. The SMILES string of the molecule is Cc1cc(N2CCCCCCC2)ccc1C(N)=S. The first kappa shape index (κ1) is 13.3. The molecule has 0 unspecified atom stereocenters. The van der Waals surface area contributed by atoms with Crippen molar-refractivity contribution >= 4 is 22.9 Å². The van der Waals surface area contributed by atoms with Gasteiger partial charge in [0.25, 0.3) is 0 Å². The maximum absolute atomic E-state index is 5.71. The van der Waals surface area contributed by atoms with Crippen molar-refractivity contribution < 1.29 is 0 Å². The van der Waals surface area contributed by atoms with Crippen molar-refractivity contribution in [2.24, 2.45) is 5.73 Å². The van der Waals surface area contributed by atoms with E-state index in [0.29, 0.717) is 4.99 Å². The Morgan fingerprint density at radius 3 is 2.28 bits per heavy atom. The Kier molecular flexibility index (Phi) is 4.59. The summed E-state index contributed by atoms with van der Waals surface area (Å²) in [6.07, 6.45) is 6.72. The second kappa shape index (κ2) is 6.19. The average Bonchev–Trinajstić information content (AvgIpc) is 2.27. The van der Waals surface area contributed by atoms with E-state index in [1.54, 1.807) is 0 Å². The second-order valence-electron chi connectivity index (χ2n) is 5.12. The predicted octanol–water partition coefficient (Wildman–Crippen LogP) is 3.40. The molecule has 2 N–H and O–H groups in total. The molecule has 98 valence electrons. The maximum Gasteiger partial charge on any atom is 0.104 e. The molecule has 1 aliphatic rings. The van der Waals surface area contributed by atoms with E-state index in [1.807, 2.05) is 0 Å². The Morgan fingerprint density at radius 1 is 1.11 bits per heavy atom. The summed E-state index contributed by atoms with van der Waals surface area (Å²) < 4.78 is 0. The zero-order valence-corrected chi connectivity index (χ0v) is 11.9. The van der Waals surface area contributed by atoms with Crippen molar-refractivity contribution in [2.45, 2.75) is 39.0 Å². The van der Waals surface area contributed by atoms with Crippen molar-refractivity contribution in [3.63, 3.8) is 0 Å². The van der Waals surface area contributed by atoms with E-state index < -0.39 is 0 Å². The van der Waals surface area contributed by atoms with Crippen LogP contribution in [0.15, 0.2) is 18.2 Å². The summed E-state index contributed by atoms with van der Waals surface area (Å²) in [7, 11) is 0. The van der Waals surface area contributed by atoms with Crippen molar-refractivity contribution in [1.82, 2.24) is 0 Å². The summed E-state index contributed by atoms with van der Waals surface area (Å²) in [5.74, 6) is 0. The van der Waals surface area contributed by atoms with Crippen LogP contribution in [0.4, 0.5) is 5.69 Å². The number of hydrogen-bond donors (Lipinski definition) is 1. The van der Waals surface area contributed by atoms with Gasteiger partial charge in [0.1, 0.15) is 4.99 Å². The molecule has 18 heavy (non-hydrogen) atoms. The minimum absolute atomic E-state index is 0.492. The van der Waals surface area contributed by atoms with Crippen LogP contribution in [0, 0.1) is 6.92 Å². The molecule has 1 aromatic carbocycles. The van der Waals surface area contributed by atoms with E-state index in [9.17, 15) is 0 Å². The highest BCUT2D eigenvalue weighted by Gasteiger charge is 2.10. The smallest absolute Gasteiger partial charge is 0.104 e. The third-order valence-electron chi connectivity index (χ3n) is 3.70. The summed E-state index contributed by atoms with van der Waals surface area (Å²) in [6, 6.07) is 6.44. The van der Waals surface area contributed by atoms with Gasteiger partial charge in [-0.15, -0.1) is 0 Å². The molecule has 1 aromatic rings. The molecule has 0 saturated carbocycles. The van der Waals surface area contributed by atoms with Gasteiger partial charge < -0.3 is 10.6 Å². The van der Waals surface area contributed by atoms with Crippen molar-refractivity contribution in [3.05, 3.63) is 29.3 Å². The first-order valence-corrected chi connectivity index (χ1v) is 7.25. The van der Waals surface area contributed by atoms with Gasteiger partial charge >= 0.3 is 0 Å². The van der Waals surface area contributed by atoms with Crippen LogP contribution in [-0.4, -0.2) is 18.1 Å². The van der Waals surface area contributed by atoms with E-state index in [2.05, 4.69) is 30.0 Å². The fourth-order valence-electron chi connectivity index (χ4n) is 2.63. The van der Waals surface area contributed by atoms with Gasteiger partial charge in [0.2, 0.25) is 0 Å². The predicted molar refractivity (Wildman–Crippen MR) is 82.4 cm³/mol. The first-order valence-electron chi connectivity index (χ1n) is 6.84. The quantitative estimate of drug-likeness (QED) is 0.828. The van der Waals surface area contributed by atoms with Crippen LogP contribution in [0.5, 0.6) is 0 Å². The fraction of sp³-hybridized carbons (Fsp3) is 0.533. The summed E-state index contributed by atoms with van der Waals surface area (Å²) in [5.41, 5.74) is 9.20. The van der Waals surface area contributed by atoms with Crippen LogP contribution in [0.25, 0.3) is 0 Å². The van der Waals surface area contributed by atoms with Crippen LogP contribution >= 0.6 is 12.2 Å². The van der Waals surface area contributed by atoms with Crippen LogP contribution in [0.3, 0.4) is 0 Å². The highest BCUT2D eigenvalue weighted by atomic mass is 32.1. The lowest BCUT2D eigenvalue weighted by atomic mass is 10.0. The fourth-order valence-corrected chi connectivity index (χ4v) is 2.86. The monoisotopic (exact) mass is 262 g/mol. The molecule has 0 aromatic heterocycles. The third kappa shape index (κ3) is 3.22. The molecule has 0 radical (unpaired) electrons. The molecule has 0 amide bonds. The van der Waals surface area contributed by atoms with Gasteiger partial charge in [-0.2, -0.15) is 0 Å². The lowest BCUT2D eigenvalue weighted by Gasteiger charge is -2.27. The lowest BCUT2D eigenvalue weighted by molar-refractivity contribution is 0.556. The molecule has 2 rings (SSSR count). The number of nitrogens with two attached hydrogens (primary N) is 1. The van der Waals surface area contributed by atoms with Gasteiger partial charge in [-0.3, -0.25) is 0 Å². The highest BCUT2D eigenvalue weighted by Crippen LogP contribution is 2.22. The van der Waals surface area contributed by atoms with E-state index in [1.165, 1.54) is 56.4 Å². The Hall–Kier alpha value is -1.09. The Balaban J connectivity index is 2.16. The summed E-state index contributed by atoms with van der Waals surface area (Å²) in [4.78, 5) is 2.99. The molecular formula is C15H22N2S. The normalized spacial score (nSPS) is 17.1. The third-order valence-corrected chi connectivity index (χ3v) is 3.92. The zero-order valence-electron chi connectivity index (χ0n) is 11.1. The Morgan fingerprint density at radius 2 is 1.72 bits per heavy atom. The Bertz CT molecular complexity index is 421. The maximum atomic E-state index is 5.71. The van der Waals surface area contributed by atoms with Gasteiger partial charge in [-0.1, -0.05) is 31.5 Å². The van der Waals surface area contributed by atoms with Gasteiger partial charge in [-0.25, -0.2) is 0 Å². The molecule has 3 heteroatoms. The summed E-state index contributed by atoms with van der Waals surface area (Å²) >= 11 is 5.05. The van der Waals surface area contributed by atoms with E-state index in [0.717, 1.165) is 5.56 Å². The number of benzene rings is 1. The molecule has 0 atom stereocenters. The molecule has 0 bridgehead atoms. The van der Waals surface area contributed by atoms with Crippen molar-refractivity contribution in [3.8, 4) is 0 Å². The molecule has 1 fully saturated rings. The molecule has 1 aliphatic heterocycles. The zero-order chi connectivity index (χ0) is 13.0. The Labute approximate surface area is 115 Å². The van der Waals surface area contributed by atoms with Crippen LogP contribution in [-0.2, 0) is 0 Å². The number of anilines is 1. The summed E-state index contributed by atoms with van der Waals surface area (Å²) in [5, 5.41) is 0. The molecule has 2 nitrogen and oxygen atoms in total. The summed E-state index contributed by atoms with van der Waals surface area (Å²) in [6.45, 7) is 4.43. The van der Waals surface area contributed by atoms with Crippen molar-refractivity contribution in [1.29, 1.82) is 0 Å². The van der Waals surface area contributed by atoms with E-state index >= 15 is 0 Å². The van der Waals surface area contributed by atoms with Crippen LogP contribution in [0.1, 0.15) is 43.2 Å². The van der Waals surface area contributed by atoms with Crippen LogP contribution < -0.4 is 10.6 Å². The first-order chi connectivity index (χ1) is 8.68. The number of thiocarbonyl (C=S) groups is 1. The van der Waals surface area contributed by atoms with Gasteiger partial charge in [-0.05, 0) is 43.5 Å². The number of nitrogens with zero attached hydrogens (tertiary/aromatic N) is 1. The number of aryl methyl sites for hydroxylation is 1. The minimum Gasteiger partial charge on any atom is -0.389 e. The molecule has 1 heterocycles. The molecular weight excluding hydrogens is 240 g/mol. The van der Waals surface area contributed by atoms with Crippen molar-refractivity contribution in [2.75, 3.05) is 18.0 Å². The van der Waals surface area contributed by atoms with Gasteiger partial charge in [0.05, 0.1) is 0 Å². The number of hydrogen-bond acceptors (Lipinski definition) is 2. The standard InChI is InChI=1S/C15H22N2S/c1-12-11-13(7-8-14(12)15(16)18)17-9-5-3-2-4-6-10-17/h7-8,11H,2-6,9-10H2,1H3,(H2,16,18). The highest BCUT2D eigenvalue weighted by molar-refractivity contribution is 7.80. The van der Waals surface area contributed by atoms with E-state index in [-0.39, 0.29) is 0 Å². The largest absolute Gasteiger partial charge is 0.389 e. The van der Waals surface area contributed by atoms with Gasteiger partial charge in [0.15, 0.2) is 0 Å². The van der Waals surface area contributed by atoms with Gasteiger partial charge in [0, 0.05) is 24.3 Å². The minimum atomic E-state index is 0.492. The van der Waals surface area contributed by atoms with Crippen LogP contribution in [0.2, 0.25) is 0 Å². The second-order valence-corrected chi connectivity index (χ2v) is 5.56. The molecule has 1 saturated heterocycles.